The summed E-state index contributed by atoms with van der Waals surface area (Å²) in [7, 11) is 0. The van der Waals surface area contributed by atoms with Gasteiger partial charge in [0.05, 0.1) is 39.6 Å². The number of carbonyl (C=O) groups excluding carboxylic acids is 1. The molecule has 188 valence electrons. The quantitative estimate of drug-likeness (QED) is 0.128. The van der Waals surface area contributed by atoms with Crippen molar-refractivity contribution in [1.82, 2.24) is 0 Å². The highest BCUT2D eigenvalue weighted by Gasteiger charge is 2.04. The zero-order valence-corrected chi connectivity index (χ0v) is 20.8. The van der Waals surface area contributed by atoms with Gasteiger partial charge in [0, 0.05) is 5.57 Å². The molecule has 0 spiro atoms. The Bertz CT molecular complexity index is 631. The number of aryl methyl sites for hydroxylation is 1. The first-order valence-electron chi connectivity index (χ1n) is 12.4. The van der Waals surface area contributed by atoms with Gasteiger partial charge in [-0.15, -0.1) is 0 Å². The van der Waals surface area contributed by atoms with Crippen molar-refractivity contribution in [2.24, 2.45) is 0 Å². The van der Waals surface area contributed by atoms with E-state index in [1.54, 1.807) is 6.92 Å². The minimum Gasteiger partial charge on any atom is -0.491 e. The van der Waals surface area contributed by atoms with Crippen LogP contribution in [0.5, 0.6) is 5.75 Å². The lowest BCUT2D eigenvalue weighted by Crippen LogP contribution is -2.15. The van der Waals surface area contributed by atoms with Crippen molar-refractivity contribution >= 4 is 5.97 Å². The first-order chi connectivity index (χ1) is 16.1. The largest absolute Gasteiger partial charge is 0.491 e. The maximum atomic E-state index is 11.2. The molecule has 0 amide bonds. The van der Waals surface area contributed by atoms with Crippen molar-refractivity contribution < 1.29 is 28.5 Å². The summed E-state index contributed by atoms with van der Waals surface area (Å²) in [6, 6.07) is 8.30. The predicted octanol–water partition coefficient (Wildman–Crippen LogP) is 5.53. The molecule has 0 aliphatic heterocycles. The molecule has 0 heterocycles. The first kappa shape index (κ1) is 29.1. The Morgan fingerprint density at radius 3 is 1.94 bits per heavy atom. The minimum absolute atomic E-state index is 0.219. The van der Waals surface area contributed by atoms with Crippen LogP contribution in [0.25, 0.3) is 0 Å². The van der Waals surface area contributed by atoms with Crippen LogP contribution in [-0.2, 0) is 30.2 Å². The summed E-state index contributed by atoms with van der Waals surface area (Å²) >= 11 is 0. The molecule has 0 radical (unpaired) electrons. The van der Waals surface area contributed by atoms with E-state index < -0.39 is 5.97 Å². The molecular formula is C27H44O6. The molecule has 0 N–H and O–H groups in total. The molecular weight excluding hydrogens is 420 g/mol. The van der Waals surface area contributed by atoms with Gasteiger partial charge >= 0.3 is 5.97 Å². The number of para-hydroxylation sites is 1. The van der Waals surface area contributed by atoms with Crippen molar-refractivity contribution in [3.63, 3.8) is 0 Å². The van der Waals surface area contributed by atoms with Crippen LogP contribution >= 0.6 is 0 Å². The molecule has 0 saturated heterocycles. The molecule has 0 fully saturated rings. The zero-order valence-electron chi connectivity index (χ0n) is 20.8. The third-order valence-electron chi connectivity index (χ3n) is 5.06. The Hall–Kier alpha value is -1.89. The van der Waals surface area contributed by atoms with Crippen LogP contribution in [0.15, 0.2) is 36.4 Å². The van der Waals surface area contributed by atoms with Crippen LogP contribution in [0.3, 0.4) is 0 Å². The second-order valence-corrected chi connectivity index (χ2v) is 8.08. The molecule has 0 aliphatic rings. The molecule has 0 atom stereocenters. The predicted molar refractivity (Wildman–Crippen MR) is 132 cm³/mol. The minimum atomic E-state index is -0.396. The van der Waals surface area contributed by atoms with Gasteiger partial charge in [0.25, 0.3) is 0 Å². The van der Waals surface area contributed by atoms with Gasteiger partial charge in [-0.2, -0.15) is 0 Å². The molecule has 0 saturated carbocycles. The number of carbonyl (C=O) groups is 1. The van der Waals surface area contributed by atoms with Crippen molar-refractivity contribution in [3.05, 3.63) is 42.0 Å². The monoisotopic (exact) mass is 464 g/mol. The third-order valence-corrected chi connectivity index (χ3v) is 5.06. The molecule has 0 bridgehead atoms. The van der Waals surface area contributed by atoms with Crippen molar-refractivity contribution in [3.8, 4) is 5.75 Å². The third kappa shape index (κ3) is 16.4. The van der Waals surface area contributed by atoms with Crippen LogP contribution in [-0.4, -0.2) is 58.8 Å². The highest BCUT2D eigenvalue weighted by atomic mass is 16.6. The standard InChI is InChI=1S/C27H44O6/c1-4-5-6-7-8-9-10-13-25-14-11-12-15-26(25)32-22-20-30-18-16-29-17-19-31-21-23-33-27(28)24(2)3/h11-12,14-15H,2,4-10,13,16-23H2,1,3H3. The Morgan fingerprint density at radius 1 is 0.758 bits per heavy atom. The smallest absolute Gasteiger partial charge is 0.333 e. The number of rotatable bonds is 22. The lowest BCUT2D eigenvalue weighted by atomic mass is 10.0. The van der Waals surface area contributed by atoms with Gasteiger partial charge in [-0.3, -0.25) is 0 Å². The fourth-order valence-electron chi connectivity index (χ4n) is 3.19. The van der Waals surface area contributed by atoms with Crippen molar-refractivity contribution in [1.29, 1.82) is 0 Å². The number of ether oxygens (including phenoxy) is 5. The van der Waals surface area contributed by atoms with Gasteiger partial charge in [-0.05, 0) is 31.4 Å². The fraction of sp³-hybridized carbons (Fsp3) is 0.667. The van der Waals surface area contributed by atoms with Crippen LogP contribution in [0.1, 0.15) is 64.4 Å². The van der Waals surface area contributed by atoms with Crippen LogP contribution < -0.4 is 4.74 Å². The van der Waals surface area contributed by atoms with Gasteiger partial charge in [0.15, 0.2) is 0 Å². The highest BCUT2D eigenvalue weighted by molar-refractivity contribution is 5.86. The average molecular weight is 465 g/mol. The Morgan fingerprint density at radius 2 is 1.30 bits per heavy atom. The molecule has 33 heavy (non-hydrogen) atoms. The Labute approximate surface area is 200 Å². The maximum absolute atomic E-state index is 11.2. The average Bonchev–Trinajstić information content (AvgIpc) is 2.82. The molecule has 1 aromatic rings. The van der Waals surface area contributed by atoms with Gasteiger partial charge in [0.2, 0.25) is 0 Å². The summed E-state index contributed by atoms with van der Waals surface area (Å²) in [6.45, 7) is 10.9. The zero-order chi connectivity index (χ0) is 24.0. The van der Waals surface area contributed by atoms with E-state index in [2.05, 4.69) is 25.6 Å². The van der Waals surface area contributed by atoms with E-state index in [0.717, 1.165) is 12.2 Å². The van der Waals surface area contributed by atoms with Crippen LogP contribution in [0.4, 0.5) is 0 Å². The van der Waals surface area contributed by atoms with Crippen LogP contribution in [0, 0.1) is 0 Å². The molecule has 6 nitrogen and oxygen atoms in total. The van der Waals surface area contributed by atoms with E-state index in [0.29, 0.717) is 51.8 Å². The van der Waals surface area contributed by atoms with Gasteiger partial charge < -0.3 is 23.7 Å². The fourth-order valence-corrected chi connectivity index (χ4v) is 3.19. The lowest BCUT2D eigenvalue weighted by molar-refractivity contribution is -0.140. The van der Waals surface area contributed by atoms with E-state index >= 15 is 0 Å². The molecule has 0 aliphatic carbocycles. The summed E-state index contributed by atoms with van der Waals surface area (Å²) in [5.74, 6) is 0.571. The number of esters is 1. The molecule has 1 aromatic carbocycles. The maximum Gasteiger partial charge on any atom is 0.333 e. The van der Waals surface area contributed by atoms with Gasteiger partial charge in [0.1, 0.15) is 19.0 Å². The normalized spacial score (nSPS) is 10.8. The van der Waals surface area contributed by atoms with E-state index in [-0.39, 0.29) is 6.61 Å². The second-order valence-electron chi connectivity index (χ2n) is 8.08. The lowest BCUT2D eigenvalue weighted by Gasteiger charge is -2.12. The Kier molecular flexibility index (Phi) is 18.3. The SMILES string of the molecule is C=C(C)C(=O)OCCOCCOCCOCCOc1ccccc1CCCCCCCCC. The summed E-state index contributed by atoms with van der Waals surface area (Å²) in [5.41, 5.74) is 1.67. The number of hydrogen-bond donors (Lipinski definition) is 0. The number of unbranched alkanes of at least 4 members (excludes halogenated alkanes) is 6. The summed E-state index contributed by atoms with van der Waals surface area (Å²) in [4.78, 5) is 11.2. The van der Waals surface area contributed by atoms with Gasteiger partial charge in [-0.25, -0.2) is 4.79 Å². The molecule has 0 unspecified atom stereocenters. The first-order valence-corrected chi connectivity index (χ1v) is 12.4. The van der Waals surface area contributed by atoms with E-state index in [4.69, 9.17) is 23.7 Å². The van der Waals surface area contributed by atoms with E-state index in [1.807, 2.05) is 12.1 Å². The molecule has 0 aromatic heterocycles. The molecule has 1 rings (SSSR count). The van der Waals surface area contributed by atoms with Crippen molar-refractivity contribution in [2.45, 2.75) is 65.2 Å². The second kappa shape index (κ2) is 20.7. The van der Waals surface area contributed by atoms with E-state index in [9.17, 15) is 4.79 Å². The van der Waals surface area contributed by atoms with Crippen molar-refractivity contribution in [2.75, 3.05) is 52.9 Å². The van der Waals surface area contributed by atoms with Crippen LogP contribution in [0.2, 0.25) is 0 Å². The van der Waals surface area contributed by atoms with E-state index in [1.165, 1.54) is 50.5 Å². The summed E-state index contributed by atoms with van der Waals surface area (Å²) in [5, 5.41) is 0. The highest BCUT2D eigenvalue weighted by Crippen LogP contribution is 2.21. The Balaban J connectivity index is 1.97. The molecule has 6 heteroatoms. The number of hydrogen-bond acceptors (Lipinski definition) is 6. The summed E-state index contributed by atoms with van der Waals surface area (Å²) in [6.07, 6.45) is 10.3. The summed E-state index contributed by atoms with van der Waals surface area (Å²) < 4.78 is 27.2. The topological polar surface area (TPSA) is 63.2 Å². The van der Waals surface area contributed by atoms with Gasteiger partial charge in [-0.1, -0.05) is 70.2 Å². The number of benzene rings is 1.